The Morgan fingerprint density at radius 1 is 1.53 bits per heavy atom. The van der Waals surface area contributed by atoms with Gasteiger partial charge in [-0.15, -0.1) is 0 Å². The molecule has 1 rings (SSSR count). The average Bonchev–Trinajstić information content (AvgIpc) is 2.56. The number of hydrogen-bond donors (Lipinski definition) is 1. The molecule has 86 valence electrons. The Balaban J connectivity index is 2.85. The van der Waals surface area contributed by atoms with Gasteiger partial charge in [-0.25, -0.2) is 0 Å². The van der Waals surface area contributed by atoms with Crippen LogP contribution in [0.4, 0.5) is 0 Å². The van der Waals surface area contributed by atoms with E-state index < -0.39 is 0 Å². The third-order valence-electron chi connectivity index (χ3n) is 2.50. The van der Waals surface area contributed by atoms with Gasteiger partial charge in [0.05, 0.1) is 16.9 Å². The molecule has 0 saturated carbocycles. The number of hydrogen-bond acceptors (Lipinski definition) is 2. The quantitative estimate of drug-likeness (QED) is 0.842. The lowest BCUT2D eigenvalue weighted by Crippen LogP contribution is -2.18. The van der Waals surface area contributed by atoms with Crippen LogP contribution < -0.4 is 5.73 Å². The molecule has 1 aromatic heterocycles. The van der Waals surface area contributed by atoms with Crippen LogP contribution in [0.1, 0.15) is 57.8 Å². The Labute approximate surface area is 96.6 Å². The first-order chi connectivity index (χ1) is 7.07. The van der Waals surface area contributed by atoms with E-state index in [1.807, 2.05) is 4.68 Å². The highest BCUT2D eigenvalue weighted by Gasteiger charge is 2.17. The molecule has 3 nitrogen and oxygen atoms in total. The second-order valence-electron chi connectivity index (χ2n) is 4.16. The monoisotopic (exact) mass is 229 g/mol. The highest BCUT2D eigenvalue weighted by Crippen LogP contribution is 2.26. The van der Waals surface area contributed by atoms with Crippen LogP contribution in [0.3, 0.4) is 0 Å². The summed E-state index contributed by atoms with van der Waals surface area (Å²) in [6, 6.07) is 0.308. The van der Waals surface area contributed by atoms with Gasteiger partial charge < -0.3 is 5.73 Å². The lowest BCUT2D eigenvalue weighted by Gasteiger charge is -2.17. The van der Waals surface area contributed by atoms with E-state index in [1.54, 1.807) is 6.20 Å². The molecule has 1 heterocycles. The number of nitrogens with two attached hydrogens (primary N) is 1. The van der Waals surface area contributed by atoms with Crippen LogP contribution in [0.5, 0.6) is 0 Å². The van der Waals surface area contributed by atoms with Gasteiger partial charge in [-0.1, -0.05) is 31.4 Å². The minimum atomic E-state index is 0.00218. The normalized spacial score (nSPS) is 13.5. The molecule has 0 radical (unpaired) electrons. The minimum absolute atomic E-state index is 0.00218. The summed E-state index contributed by atoms with van der Waals surface area (Å²) in [5, 5.41) is 4.94. The molecule has 1 atom stereocenters. The first-order valence-electron chi connectivity index (χ1n) is 5.56. The fraction of sp³-hybridized carbons (Fsp3) is 0.727. The van der Waals surface area contributed by atoms with E-state index in [2.05, 4.69) is 25.9 Å². The van der Waals surface area contributed by atoms with Crippen LogP contribution in [-0.2, 0) is 0 Å². The van der Waals surface area contributed by atoms with Crippen LogP contribution in [0.25, 0.3) is 0 Å². The number of halogens is 1. The zero-order chi connectivity index (χ0) is 11.4. The van der Waals surface area contributed by atoms with Gasteiger partial charge in [-0.2, -0.15) is 5.10 Å². The maximum Gasteiger partial charge on any atom is 0.0834 e. The van der Waals surface area contributed by atoms with E-state index >= 15 is 0 Å². The molecule has 0 saturated heterocycles. The zero-order valence-corrected chi connectivity index (χ0v) is 10.5. The van der Waals surface area contributed by atoms with Gasteiger partial charge in [0, 0.05) is 12.1 Å². The summed E-state index contributed by atoms with van der Waals surface area (Å²) in [4.78, 5) is 0. The summed E-state index contributed by atoms with van der Waals surface area (Å²) in [7, 11) is 0. The molecule has 0 aliphatic rings. The Hall–Kier alpha value is -0.540. The first-order valence-corrected chi connectivity index (χ1v) is 5.94. The average molecular weight is 230 g/mol. The highest BCUT2D eigenvalue weighted by molar-refractivity contribution is 6.31. The van der Waals surface area contributed by atoms with Gasteiger partial charge in [0.25, 0.3) is 0 Å². The van der Waals surface area contributed by atoms with Crippen molar-refractivity contribution in [1.29, 1.82) is 0 Å². The van der Waals surface area contributed by atoms with Crippen molar-refractivity contribution in [3.63, 3.8) is 0 Å². The van der Waals surface area contributed by atoms with E-state index in [1.165, 1.54) is 0 Å². The number of aromatic nitrogens is 2. The zero-order valence-electron chi connectivity index (χ0n) is 9.70. The Morgan fingerprint density at radius 3 is 2.73 bits per heavy atom. The second-order valence-corrected chi connectivity index (χ2v) is 4.57. The van der Waals surface area contributed by atoms with Gasteiger partial charge in [0.15, 0.2) is 0 Å². The predicted octanol–water partition coefficient (Wildman–Crippen LogP) is 3.31. The summed E-state index contributed by atoms with van der Waals surface area (Å²) < 4.78 is 1.92. The van der Waals surface area contributed by atoms with Crippen LogP contribution in [-0.4, -0.2) is 9.78 Å². The van der Waals surface area contributed by atoms with Crippen molar-refractivity contribution >= 4 is 11.6 Å². The number of rotatable bonds is 5. The van der Waals surface area contributed by atoms with Crippen molar-refractivity contribution in [1.82, 2.24) is 9.78 Å². The summed E-state index contributed by atoms with van der Waals surface area (Å²) in [6.45, 7) is 6.33. The molecule has 0 aromatic carbocycles. The van der Waals surface area contributed by atoms with Crippen molar-refractivity contribution in [2.75, 3.05) is 0 Å². The maximum absolute atomic E-state index is 6.12. The van der Waals surface area contributed by atoms with E-state index in [0.717, 1.165) is 25.0 Å². The fourth-order valence-corrected chi connectivity index (χ4v) is 1.94. The summed E-state index contributed by atoms with van der Waals surface area (Å²) in [5.74, 6) is 0. The van der Waals surface area contributed by atoms with Gasteiger partial charge in [-0.05, 0) is 20.3 Å². The Bertz CT molecular complexity index is 307. The molecular weight excluding hydrogens is 210 g/mol. The van der Waals surface area contributed by atoms with Gasteiger partial charge >= 0.3 is 0 Å². The van der Waals surface area contributed by atoms with Crippen molar-refractivity contribution in [2.24, 2.45) is 5.73 Å². The van der Waals surface area contributed by atoms with Crippen LogP contribution >= 0.6 is 11.6 Å². The molecule has 0 spiro atoms. The molecule has 0 amide bonds. The second kappa shape index (κ2) is 5.52. The Morgan fingerprint density at radius 2 is 2.20 bits per heavy atom. The van der Waals surface area contributed by atoms with Crippen molar-refractivity contribution in [3.05, 3.63) is 16.9 Å². The topological polar surface area (TPSA) is 43.8 Å². The first kappa shape index (κ1) is 12.5. The summed E-state index contributed by atoms with van der Waals surface area (Å²) >= 11 is 6.10. The van der Waals surface area contributed by atoms with E-state index in [4.69, 9.17) is 17.3 Å². The van der Waals surface area contributed by atoms with E-state index in [0.29, 0.717) is 11.1 Å². The van der Waals surface area contributed by atoms with E-state index in [-0.39, 0.29) is 6.04 Å². The molecule has 0 aliphatic carbocycles. The molecule has 0 bridgehead atoms. The van der Waals surface area contributed by atoms with Crippen LogP contribution in [0.2, 0.25) is 5.02 Å². The summed E-state index contributed by atoms with van der Waals surface area (Å²) in [5.41, 5.74) is 7.09. The molecule has 0 aliphatic heterocycles. The third-order valence-corrected chi connectivity index (χ3v) is 2.79. The van der Waals surface area contributed by atoms with Crippen molar-refractivity contribution < 1.29 is 0 Å². The number of nitrogens with zero attached hydrogens (tertiary/aromatic N) is 2. The molecule has 1 aromatic rings. The molecular formula is C11H20ClN3. The molecule has 15 heavy (non-hydrogen) atoms. The minimum Gasteiger partial charge on any atom is -0.323 e. The lowest BCUT2D eigenvalue weighted by atomic mass is 10.1. The summed E-state index contributed by atoms with van der Waals surface area (Å²) in [6.07, 6.45) is 4.93. The number of unbranched alkanes of at least 4 members (excludes halogenated alkanes) is 1. The standard InChI is InChI=1S/C11H20ClN3/c1-4-5-6-10(13)11-9(12)7-14-15(11)8(2)3/h7-8,10H,4-6,13H2,1-3H3. The molecule has 4 heteroatoms. The SMILES string of the molecule is CCCCC(N)c1c(Cl)cnn1C(C)C. The van der Waals surface area contributed by atoms with E-state index in [9.17, 15) is 0 Å². The molecule has 2 N–H and O–H groups in total. The largest absolute Gasteiger partial charge is 0.323 e. The Kier molecular flexibility index (Phi) is 4.61. The van der Waals surface area contributed by atoms with Gasteiger partial charge in [0.1, 0.15) is 0 Å². The van der Waals surface area contributed by atoms with Crippen LogP contribution in [0, 0.1) is 0 Å². The van der Waals surface area contributed by atoms with Crippen molar-refractivity contribution in [3.8, 4) is 0 Å². The van der Waals surface area contributed by atoms with Crippen LogP contribution in [0.15, 0.2) is 6.20 Å². The predicted molar refractivity (Wildman–Crippen MR) is 64.1 cm³/mol. The molecule has 1 unspecified atom stereocenters. The van der Waals surface area contributed by atoms with Gasteiger partial charge in [0.2, 0.25) is 0 Å². The maximum atomic E-state index is 6.12. The highest BCUT2D eigenvalue weighted by atomic mass is 35.5. The third kappa shape index (κ3) is 2.95. The fourth-order valence-electron chi connectivity index (χ4n) is 1.67. The molecule has 0 fully saturated rings. The lowest BCUT2D eigenvalue weighted by molar-refractivity contribution is 0.471. The smallest absolute Gasteiger partial charge is 0.0834 e. The van der Waals surface area contributed by atoms with Gasteiger partial charge in [-0.3, -0.25) is 4.68 Å². The van der Waals surface area contributed by atoms with Crippen molar-refractivity contribution in [2.45, 2.75) is 52.1 Å².